The van der Waals surface area contributed by atoms with Crippen molar-refractivity contribution in [1.82, 2.24) is 10.3 Å². The van der Waals surface area contributed by atoms with E-state index in [2.05, 4.69) is 36.3 Å². The number of pyridine rings is 1. The average molecular weight is 218 g/mol. The number of nitrogens with one attached hydrogen (secondary N) is 1. The summed E-state index contributed by atoms with van der Waals surface area (Å²) in [7, 11) is 0. The monoisotopic (exact) mass is 218 g/mol. The van der Waals surface area contributed by atoms with Crippen LogP contribution < -0.4 is 5.32 Å². The van der Waals surface area contributed by atoms with Gasteiger partial charge in [-0.2, -0.15) is 0 Å². The molecule has 1 aliphatic carbocycles. The maximum absolute atomic E-state index is 4.57. The Bertz CT molecular complexity index is 333. The Hall–Kier alpha value is -0.890. The Morgan fingerprint density at radius 3 is 3.19 bits per heavy atom. The number of rotatable bonds is 4. The van der Waals surface area contributed by atoms with Gasteiger partial charge in [0.1, 0.15) is 0 Å². The normalized spacial score (nSPS) is 19.8. The molecular weight excluding hydrogens is 196 g/mol. The zero-order valence-corrected chi connectivity index (χ0v) is 10.4. The minimum absolute atomic E-state index is 0.590. The van der Waals surface area contributed by atoms with Crippen LogP contribution in [0.3, 0.4) is 0 Å². The van der Waals surface area contributed by atoms with E-state index in [1.807, 2.05) is 6.20 Å². The first-order chi connectivity index (χ1) is 7.77. The van der Waals surface area contributed by atoms with E-state index in [0.29, 0.717) is 12.0 Å². The summed E-state index contributed by atoms with van der Waals surface area (Å²) in [6.07, 6.45) is 7.02. The lowest BCUT2D eigenvalue weighted by atomic mass is 9.84. The molecule has 1 unspecified atom stereocenters. The highest BCUT2D eigenvalue weighted by molar-refractivity contribution is 5.25. The van der Waals surface area contributed by atoms with Crippen molar-refractivity contribution >= 4 is 0 Å². The second-order valence-electron chi connectivity index (χ2n) is 5.03. The molecule has 0 amide bonds. The Labute approximate surface area is 98.5 Å². The smallest absolute Gasteiger partial charge is 0.0466 e. The summed E-state index contributed by atoms with van der Waals surface area (Å²) < 4.78 is 0. The van der Waals surface area contributed by atoms with E-state index < -0.39 is 0 Å². The number of nitrogens with zero attached hydrogens (tertiary/aromatic N) is 1. The third kappa shape index (κ3) is 2.82. The molecule has 2 nitrogen and oxygen atoms in total. The Morgan fingerprint density at radius 2 is 2.38 bits per heavy atom. The highest BCUT2D eigenvalue weighted by Crippen LogP contribution is 2.31. The molecule has 1 aromatic heterocycles. The second-order valence-corrected chi connectivity index (χ2v) is 5.03. The van der Waals surface area contributed by atoms with Crippen LogP contribution in [0.25, 0.3) is 0 Å². The van der Waals surface area contributed by atoms with Gasteiger partial charge in [0.25, 0.3) is 0 Å². The summed E-state index contributed by atoms with van der Waals surface area (Å²) in [4.78, 5) is 4.57. The number of aromatic nitrogens is 1. The maximum Gasteiger partial charge on any atom is 0.0466 e. The number of hydrogen-bond acceptors (Lipinski definition) is 2. The fourth-order valence-electron chi connectivity index (χ4n) is 2.53. The van der Waals surface area contributed by atoms with Gasteiger partial charge in [0, 0.05) is 23.9 Å². The third-order valence-corrected chi connectivity index (χ3v) is 3.36. The molecule has 1 N–H and O–H groups in total. The summed E-state index contributed by atoms with van der Waals surface area (Å²) in [6.45, 7) is 5.51. The van der Waals surface area contributed by atoms with E-state index in [4.69, 9.17) is 0 Å². The molecule has 2 rings (SSSR count). The van der Waals surface area contributed by atoms with E-state index in [9.17, 15) is 0 Å². The van der Waals surface area contributed by atoms with Gasteiger partial charge in [-0.3, -0.25) is 4.98 Å². The van der Waals surface area contributed by atoms with Crippen molar-refractivity contribution < 1.29 is 0 Å². The van der Waals surface area contributed by atoms with Gasteiger partial charge in [0.2, 0.25) is 0 Å². The Kier molecular flexibility index (Phi) is 3.94. The lowest BCUT2D eigenvalue weighted by Gasteiger charge is -2.24. The highest BCUT2D eigenvalue weighted by atomic mass is 14.9. The van der Waals surface area contributed by atoms with E-state index in [-0.39, 0.29) is 0 Å². The molecule has 0 fully saturated rings. The highest BCUT2D eigenvalue weighted by Gasteiger charge is 2.20. The molecule has 16 heavy (non-hydrogen) atoms. The summed E-state index contributed by atoms with van der Waals surface area (Å²) in [5, 5.41) is 3.50. The molecule has 1 atom stereocenters. The zero-order valence-electron chi connectivity index (χ0n) is 10.4. The minimum Gasteiger partial charge on any atom is -0.315 e. The van der Waals surface area contributed by atoms with Crippen LogP contribution in [0.2, 0.25) is 0 Å². The first-order valence-corrected chi connectivity index (χ1v) is 6.44. The van der Waals surface area contributed by atoms with Crippen LogP contribution in [0.4, 0.5) is 0 Å². The van der Waals surface area contributed by atoms with E-state index in [0.717, 1.165) is 6.54 Å². The lowest BCUT2D eigenvalue weighted by molar-refractivity contribution is 0.470. The van der Waals surface area contributed by atoms with Crippen LogP contribution in [-0.2, 0) is 6.42 Å². The number of aryl methyl sites for hydroxylation is 1. The quantitative estimate of drug-likeness (QED) is 0.840. The van der Waals surface area contributed by atoms with Crippen molar-refractivity contribution in [2.75, 3.05) is 6.54 Å². The van der Waals surface area contributed by atoms with Crippen molar-refractivity contribution in [3.63, 3.8) is 0 Å². The fourth-order valence-corrected chi connectivity index (χ4v) is 2.53. The summed E-state index contributed by atoms with van der Waals surface area (Å²) in [5.74, 6) is 0.677. The molecule has 0 aliphatic heterocycles. The molecule has 88 valence electrons. The largest absolute Gasteiger partial charge is 0.315 e. The zero-order chi connectivity index (χ0) is 11.4. The van der Waals surface area contributed by atoms with Gasteiger partial charge in [-0.25, -0.2) is 0 Å². The molecule has 1 heterocycles. The van der Waals surface area contributed by atoms with Gasteiger partial charge in [-0.15, -0.1) is 0 Å². The molecule has 0 radical (unpaired) electrons. The van der Waals surface area contributed by atoms with Gasteiger partial charge < -0.3 is 5.32 Å². The lowest BCUT2D eigenvalue weighted by Crippen LogP contribution is -2.26. The molecule has 1 aromatic rings. The average Bonchev–Trinajstić information content (AvgIpc) is 2.29. The SMILES string of the molecule is CC(C)NCCC1CCCc2cccnc21. The Balaban J connectivity index is 1.96. The van der Waals surface area contributed by atoms with E-state index >= 15 is 0 Å². The van der Waals surface area contributed by atoms with Gasteiger partial charge in [0.15, 0.2) is 0 Å². The number of hydrogen-bond donors (Lipinski definition) is 1. The fraction of sp³-hybridized carbons (Fsp3) is 0.643. The first kappa shape index (κ1) is 11.6. The molecule has 0 saturated carbocycles. The van der Waals surface area contributed by atoms with Crippen molar-refractivity contribution in [1.29, 1.82) is 0 Å². The van der Waals surface area contributed by atoms with Crippen molar-refractivity contribution in [3.8, 4) is 0 Å². The van der Waals surface area contributed by atoms with Crippen LogP contribution in [0, 0.1) is 0 Å². The van der Waals surface area contributed by atoms with E-state index in [1.165, 1.54) is 36.9 Å². The van der Waals surface area contributed by atoms with Gasteiger partial charge in [0.05, 0.1) is 0 Å². The van der Waals surface area contributed by atoms with Gasteiger partial charge in [-0.1, -0.05) is 19.9 Å². The first-order valence-electron chi connectivity index (χ1n) is 6.44. The van der Waals surface area contributed by atoms with Crippen molar-refractivity contribution in [2.24, 2.45) is 0 Å². The van der Waals surface area contributed by atoms with Crippen LogP contribution >= 0.6 is 0 Å². The molecule has 0 saturated heterocycles. The van der Waals surface area contributed by atoms with Gasteiger partial charge in [-0.05, 0) is 43.9 Å². The summed E-state index contributed by atoms with van der Waals surface area (Å²) in [6, 6.07) is 4.89. The molecule has 0 aromatic carbocycles. The summed E-state index contributed by atoms with van der Waals surface area (Å²) >= 11 is 0. The topological polar surface area (TPSA) is 24.9 Å². The van der Waals surface area contributed by atoms with Crippen LogP contribution in [-0.4, -0.2) is 17.6 Å². The predicted molar refractivity (Wildman–Crippen MR) is 67.7 cm³/mol. The molecule has 0 bridgehead atoms. The second kappa shape index (κ2) is 5.44. The van der Waals surface area contributed by atoms with Crippen molar-refractivity contribution in [3.05, 3.63) is 29.6 Å². The predicted octanol–water partition coefficient (Wildman–Crippen LogP) is 2.89. The van der Waals surface area contributed by atoms with E-state index in [1.54, 1.807) is 0 Å². The molecular formula is C14H22N2. The third-order valence-electron chi connectivity index (χ3n) is 3.36. The number of fused-ring (bicyclic) bond motifs is 1. The summed E-state index contributed by atoms with van der Waals surface area (Å²) in [5.41, 5.74) is 2.84. The van der Waals surface area contributed by atoms with Crippen molar-refractivity contribution in [2.45, 2.75) is 51.5 Å². The standard InChI is InChI=1S/C14H22N2/c1-11(2)15-10-8-13-6-3-5-12-7-4-9-16-14(12)13/h4,7,9,11,13,15H,3,5-6,8,10H2,1-2H3. The van der Waals surface area contributed by atoms with Crippen LogP contribution in [0.1, 0.15) is 50.3 Å². The van der Waals surface area contributed by atoms with Crippen LogP contribution in [0.15, 0.2) is 18.3 Å². The molecule has 1 aliphatic rings. The molecule has 2 heteroatoms. The van der Waals surface area contributed by atoms with Gasteiger partial charge >= 0.3 is 0 Å². The minimum atomic E-state index is 0.590. The maximum atomic E-state index is 4.57. The van der Waals surface area contributed by atoms with Crippen LogP contribution in [0.5, 0.6) is 0 Å². The molecule has 0 spiro atoms. The Morgan fingerprint density at radius 1 is 1.50 bits per heavy atom.